The van der Waals surface area contributed by atoms with Gasteiger partial charge in [0, 0.05) is 31.2 Å². The topological polar surface area (TPSA) is 15.3 Å². The van der Waals surface area contributed by atoms with Gasteiger partial charge < -0.3 is 5.32 Å². The van der Waals surface area contributed by atoms with Crippen LogP contribution in [-0.4, -0.2) is 30.1 Å². The minimum atomic E-state index is 0.533. The van der Waals surface area contributed by atoms with Gasteiger partial charge in [-0.05, 0) is 38.2 Å². The summed E-state index contributed by atoms with van der Waals surface area (Å²) < 4.78 is 0. The van der Waals surface area contributed by atoms with Gasteiger partial charge >= 0.3 is 0 Å². The molecule has 1 aromatic rings. The van der Waals surface area contributed by atoms with E-state index in [1.54, 1.807) is 0 Å². The van der Waals surface area contributed by atoms with E-state index in [0.717, 1.165) is 12.5 Å². The molecule has 2 aliphatic rings. The highest BCUT2D eigenvalue weighted by Gasteiger charge is 2.34. The lowest BCUT2D eigenvalue weighted by Gasteiger charge is -2.46. The monoisotopic (exact) mass is 286 g/mol. The molecular weight excluding hydrogens is 256 g/mol. The summed E-state index contributed by atoms with van der Waals surface area (Å²) in [4.78, 5) is 2.71. The van der Waals surface area contributed by atoms with Crippen LogP contribution in [0, 0.1) is 5.92 Å². The first-order valence-corrected chi connectivity index (χ1v) is 8.80. The number of hydrogen-bond acceptors (Lipinski definition) is 2. The Hall–Kier alpha value is -0.860. The van der Waals surface area contributed by atoms with Crippen molar-refractivity contribution in [3.63, 3.8) is 0 Å². The molecule has 0 bridgehead atoms. The lowest BCUT2D eigenvalue weighted by molar-refractivity contribution is 0.0697. The summed E-state index contributed by atoms with van der Waals surface area (Å²) in [7, 11) is 0. The molecule has 3 rings (SSSR count). The molecule has 1 N–H and O–H groups in total. The van der Waals surface area contributed by atoms with Crippen molar-refractivity contribution in [3.8, 4) is 0 Å². The van der Waals surface area contributed by atoms with Gasteiger partial charge in [0.1, 0.15) is 0 Å². The van der Waals surface area contributed by atoms with Gasteiger partial charge in [-0.3, -0.25) is 4.90 Å². The Morgan fingerprint density at radius 1 is 1.05 bits per heavy atom. The van der Waals surface area contributed by atoms with Crippen LogP contribution in [0.2, 0.25) is 0 Å². The quantitative estimate of drug-likeness (QED) is 0.904. The molecule has 1 saturated carbocycles. The molecule has 1 aromatic carbocycles. The Kier molecular flexibility index (Phi) is 4.97. The van der Waals surface area contributed by atoms with Gasteiger partial charge in [-0.15, -0.1) is 0 Å². The molecule has 0 aromatic heterocycles. The highest BCUT2D eigenvalue weighted by atomic mass is 15.3. The number of nitrogens with zero attached hydrogens (tertiary/aromatic N) is 1. The molecule has 1 heterocycles. The first kappa shape index (κ1) is 15.1. The molecule has 0 amide bonds. The van der Waals surface area contributed by atoms with Gasteiger partial charge in [0.25, 0.3) is 0 Å². The number of rotatable bonds is 3. The third kappa shape index (κ3) is 3.49. The van der Waals surface area contributed by atoms with E-state index in [-0.39, 0.29) is 0 Å². The molecule has 116 valence electrons. The second-order valence-corrected chi connectivity index (χ2v) is 7.13. The SMILES string of the molecule is CC(C)N1CC(C2CCCCC2)NCC1c1ccccc1. The van der Waals surface area contributed by atoms with Gasteiger partial charge in [-0.25, -0.2) is 0 Å². The van der Waals surface area contributed by atoms with Crippen LogP contribution >= 0.6 is 0 Å². The van der Waals surface area contributed by atoms with Crippen LogP contribution in [-0.2, 0) is 0 Å². The summed E-state index contributed by atoms with van der Waals surface area (Å²) in [5.41, 5.74) is 1.46. The van der Waals surface area contributed by atoms with Crippen molar-refractivity contribution in [2.24, 2.45) is 5.92 Å². The number of hydrogen-bond donors (Lipinski definition) is 1. The highest BCUT2D eigenvalue weighted by Crippen LogP contribution is 2.32. The Morgan fingerprint density at radius 2 is 1.76 bits per heavy atom. The average Bonchev–Trinajstić information content (AvgIpc) is 2.56. The zero-order chi connectivity index (χ0) is 14.7. The fraction of sp³-hybridized carbons (Fsp3) is 0.684. The van der Waals surface area contributed by atoms with Gasteiger partial charge in [-0.2, -0.15) is 0 Å². The van der Waals surface area contributed by atoms with Crippen molar-refractivity contribution < 1.29 is 0 Å². The maximum atomic E-state index is 3.88. The van der Waals surface area contributed by atoms with Gasteiger partial charge in [0.05, 0.1) is 0 Å². The van der Waals surface area contributed by atoms with E-state index < -0.39 is 0 Å². The Bertz CT molecular complexity index is 422. The van der Waals surface area contributed by atoms with Crippen LogP contribution in [0.4, 0.5) is 0 Å². The molecule has 1 aliphatic heterocycles. The van der Waals surface area contributed by atoms with Crippen molar-refractivity contribution in [2.75, 3.05) is 13.1 Å². The van der Waals surface area contributed by atoms with E-state index >= 15 is 0 Å². The average molecular weight is 286 g/mol. The summed E-state index contributed by atoms with van der Waals surface area (Å²) in [5, 5.41) is 3.88. The predicted octanol–water partition coefficient (Wildman–Crippen LogP) is 3.99. The molecule has 1 aliphatic carbocycles. The van der Waals surface area contributed by atoms with E-state index in [9.17, 15) is 0 Å². The highest BCUT2D eigenvalue weighted by molar-refractivity contribution is 5.20. The molecule has 2 fully saturated rings. The third-order valence-corrected chi connectivity index (χ3v) is 5.45. The molecule has 0 spiro atoms. The first-order valence-electron chi connectivity index (χ1n) is 8.80. The van der Waals surface area contributed by atoms with Crippen LogP contribution in [0.3, 0.4) is 0 Å². The zero-order valence-electron chi connectivity index (χ0n) is 13.6. The standard InChI is InChI=1S/C19H30N2/c1-15(2)21-14-18(16-9-5-3-6-10-16)20-13-19(21)17-11-7-4-8-12-17/h4,7-8,11-12,15-16,18-20H,3,5-6,9-10,13-14H2,1-2H3. The van der Waals surface area contributed by atoms with Crippen LogP contribution in [0.25, 0.3) is 0 Å². The van der Waals surface area contributed by atoms with Crippen molar-refractivity contribution in [3.05, 3.63) is 35.9 Å². The van der Waals surface area contributed by atoms with Crippen molar-refractivity contribution >= 4 is 0 Å². The lowest BCUT2D eigenvalue weighted by atomic mass is 9.82. The molecular formula is C19H30N2. The number of benzene rings is 1. The molecule has 1 saturated heterocycles. The van der Waals surface area contributed by atoms with E-state index in [0.29, 0.717) is 18.1 Å². The largest absolute Gasteiger partial charge is 0.311 e. The summed E-state index contributed by atoms with van der Waals surface area (Å²) in [5.74, 6) is 0.900. The van der Waals surface area contributed by atoms with E-state index in [2.05, 4.69) is 54.4 Å². The van der Waals surface area contributed by atoms with Gasteiger partial charge in [-0.1, -0.05) is 49.6 Å². The van der Waals surface area contributed by atoms with E-state index in [1.807, 2.05) is 0 Å². The minimum Gasteiger partial charge on any atom is -0.311 e. The minimum absolute atomic E-state index is 0.533. The molecule has 2 atom stereocenters. The van der Waals surface area contributed by atoms with Crippen molar-refractivity contribution in [2.45, 2.75) is 64.1 Å². The van der Waals surface area contributed by atoms with E-state index in [4.69, 9.17) is 0 Å². The third-order valence-electron chi connectivity index (χ3n) is 5.45. The maximum Gasteiger partial charge on any atom is 0.0476 e. The number of piperazine rings is 1. The molecule has 2 nitrogen and oxygen atoms in total. The van der Waals surface area contributed by atoms with Gasteiger partial charge in [0.2, 0.25) is 0 Å². The first-order chi connectivity index (χ1) is 10.3. The summed E-state index contributed by atoms with van der Waals surface area (Å²) >= 11 is 0. The van der Waals surface area contributed by atoms with Crippen LogP contribution in [0.15, 0.2) is 30.3 Å². The summed E-state index contributed by atoms with van der Waals surface area (Å²) in [6.07, 6.45) is 7.18. The fourth-order valence-corrected chi connectivity index (χ4v) is 4.21. The van der Waals surface area contributed by atoms with Gasteiger partial charge in [0.15, 0.2) is 0 Å². The molecule has 21 heavy (non-hydrogen) atoms. The molecule has 2 unspecified atom stereocenters. The maximum absolute atomic E-state index is 3.88. The normalized spacial score (nSPS) is 28.9. The second kappa shape index (κ2) is 6.93. The van der Waals surface area contributed by atoms with Crippen molar-refractivity contribution in [1.82, 2.24) is 10.2 Å². The zero-order valence-corrected chi connectivity index (χ0v) is 13.6. The smallest absolute Gasteiger partial charge is 0.0476 e. The lowest BCUT2D eigenvalue weighted by Crippen LogP contribution is -2.57. The Balaban J connectivity index is 1.71. The van der Waals surface area contributed by atoms with Crippen molar-refractivity contribution in [1.29, 1.82) is 0 Å². The molecule has 0 radical (unpaired) electrons. The summed E-state index contributed by atoms with van der Waals surface area (Å²) in [6, 6.07) is 12.9. The van der Waals surface area contributed by atoms with Crippen LogP contribution < -0.4 is 5.32 Å². The van der Waals surface area contributed by atoms with Crippen LogP contribution in [0.5, 0.6) is 0 Å². The Morgan fingerprint density at radius 3 is 2.43 bits per heavy atom. The Labute approximate surface area is 129 Å². The predicted molar refractivity (Wildman–Crippen MR) is 89.4 cm³/mol. The summed E-state index contributed by atoms with van der Waals surface area (Å²) in [6.45, 7) is 7.00. The fourth-order valence-electron chi connectivity index (χ4n) is 4.21. The number of nitrogens with one attached hydrogen (secondary N) is 1. The van der Waals surface area contributed by atoms with E-state index in [1.165, 1.54) is 44.2 Å². The second-order valence-electron chi connectivity index (χ2n) is 7.13. The molecule has 2 heteroatoms. The van der Waals surface area contributed by atoms with Crippen LogP contribution in [0.1, 0.15) is 57.6 Å².